The van der Waals surface area contributed by atoms with E-state index in [2.05, 4.69) is 24.1 Å². The maximum atomic E-state index is 11.1. The molecule has 0 unspecified atom stereocenters. The number of nitro benzene ring substituents is 1. The van der Waals surface area contributed by atoms with Crippen molar-refractivity contribution in [2.45, 2.75) is 26.3 Å². The second-order valence-corrected chi connectivity index (χ2v) is 5.54. The van der Waals surface area contributed by atoms with E-state index in [0.717, 1.165) is 24.5 Å². The lowest BCUT2D eigenvalue weighted by atomic mass is 10.0. The lowest BCUT2D eigenvalue weighted by Crippen LogP contribution is -2.53. The smallest absolute Gasteiger partial charge is 0.273 e. The van der Waals surface area contributed by atoms with Gasteiger partial charge in [0.2, 0.25) is 0 Å². The fourth-order valence-corrected chi connectivity index (χ4v) is 2.50. The molecule has 1 fully saturated rings. The van der Waals surface area contributed by atoms with Gasteiger partial charge in [0, 0.05) is 36.6 Å². The number of nitrogens with zero attached hydrogens (tertiary/aromatic N) is 2. The molecule has 0 bridgehead atoms. The van der Waals surface area contributed by atoms with Gasteiger partial charge < -0.3 is 15.0 Å². The van der Waals surface area contributed by atoms with Gasteiger partial charge in [0.05, 0.1) is 23.7 Å². The molecule has 0 amide bonds. The second kappa shape index (κ2) is 5.66. The molecule has 6 heteroatoms. The summed E-state index contributed by atoms with van der Waals surface area (Å²) >= 11 is 0. The molecule has 110 valence electrons. The molecule has 0 atom stereocenters. The van der Waals surface area contributed by atoms with Gasteiger partial charge >= 0.3 is 0 Å². The predicted molar refractivity (Wildman–Crippen MR) is 79.5 cm³/mol. The number of ether oxygens (including phenoxy) is 1. The summed E-state index contributed by atoms with van der Waals surface area (Å²) in [5.41, 5.74) is 1.58. The molecule has 20 heavy (non-hydrogen) atoms. The van der Waals surface area contributed by atoms with Crippen molar-refractivity contribution in [1.29, 1.82) is 0 Å². The number of rotatable bonds is 4. The fourth-order valence-electron chi connectivity index (χ4n) is 2.50. The molecule has 1 aromatic carbocycles. The van der Waals surface area contributed by atoms with Crippen molar-refractivity contribution in [1.82, 2.24) is 0 Å². The van der Waals surface area contributed by atoms with E-state index in [-0.39, 0.29) is 16.1 Å². The molecule has 1 heterocycles. The molecule has 0 aliphatic carbocycles. The highest BCUT2D eigenvalue weighted by Crippen LogP contribution is 2.32. The van der Waals surface area contributed by atoms with Crippen molar-refractivity contribution in [2.24, 2.45) is 0 Å². The molecule has 1 aliphatic rings. The highest BCUT2D eigenvalue weighted by molar-refractivity contribution is 5.65. The van der Waals surface area contributed by atoms with Crippen molar-refractivity contribution in [3.05, 3.63) is 28.3 Å². The summed E-state index contributed by atoms with van der Waals surface area (Å²) in [6.45, 7) is 8.86. The number of morpholine rings is 1. The monoisotopic (exact) mass is 279 g/mol. The molecule has 0 radical (unpaired) electrons. The van der Waals surface area contributed by atoms with Gasteiger partial charge in [0.15, 0.2) is 0 Å². The molecule has 1 aliphatic heterocycles. The Bertz CT molecular complexity index is 502. The molecule has 0 saturated carbocycles. The zero-order chi connectivity index (χ0) is 14.8. The number of hydrogen-bond donors (Lipinski definition) is 1. The SMILES string of the molecule is CCNc1cc(N2CCOCC2(C)C)cc([N+](=O)[O-])c1. The Kier molecular flexibility index (Phi) is 4.13. The summed E-state index contributed by atoms with van der Waals surface area (Å²) in [5.74, 6) is 0. The third-order valence-electron chi connectivity index (χ3n) is 3.45. The summed E-state index contributed by atoms with van der Waals surface area (Å²) in [4.78, 5) is 12.9. The Balaban J connectivity index is 2.41. The summed E-state index contributed by atoms with van der Waals surface area (Å²) in [6, 6.07) is 5.16. The van der Waals surface area contributed by atoms with Crippen molar-refractivity contribution < 1.29 is 9.66 Å². The molecule has 0 spiro atoms. The van der Waals surface area contributed by atoms with Gasteiger partial charge in [-0.1, -0.05) is 0 Å². The van der Waals surface area contributed by atoms with Crippen molar-refractivity contribution in [3.63, 3.8) is 0 Å². The molecular weight excluding hydrogens is 258 g/mol. The molecular formula is C14H21N3O3. The molecule has 1 saturated heterocycles. The molecule has 0 aromatic heterocycles. The normalized spacial score (nSPS) is 17.9. The lowest BCUT2D eigenvalue weighted by Gasteiger charge is -2.43. The molecule has 2 rings (SSSR count). The van der Waals surface area contributed by atoms with Crippen molar-refractivity contribution in [3.8, 4) is 0 Å². The first-order valence-corrected chi connectivity index (χ1v) is 6.83. The molecule has 1 aromatic rings. The van der Waals surface area contributed by atoms with Gasteiger partial charge in [0.1, 0.15) is 0 Å². The van der Waals surface area contributed by atoms with Gasteiger partial charge in [-0.15, -0.1) is 0 Å². The standard InChI is InChI=1S/C14H21N3O3/c1-4-15-11-7-12(9-13(8-11)17(18)19)16-5-6-20-10-14(16,2)3/h7-9,15H,4-6,10H2,1-3H3. The van der Waals surface area contributed by atoms with Crippen LogP contribution in [-0.2, 0) is 4.74 Å². The van der Waals surface area contributed by atoms with Crippen LogP contribution in [0.2, 0.25) is 0 Å². The first kappa shape index (κ1) is 14.6. The third kappa shape index (κ3) is 3.01. The number of nitro groups is 1. The number of benzene rings is 1. The van der Waals surface area contributed by atoms with E-state index in [4.69, 9.17) is 4.74 Å². The van der Waals surface area contributed by atoms with E-state index in [1.54, 1.807) is 12.1 Å². The van der Waals surface area contributed by atoms with Crippen LogP contribution in [0.1, 0.15) is 20.8 Å². The Morgan fingerprint density at radius 3 is 2.80 bits per heavy atom. The van der Waals surface area contributed by atoms with E-state index >= 15 is 0 Å². The minimum absolute atomic E-state index is 0.112. The summed E-state index contributed by atoms with van der Waals surface area (Å²) < 4.78 is 5.50. The number of non-ortho nitro benzene ring substituents is 1. The fraction of sp³-hybridized carbons (Fsp3) is 0.571. The average Bonchev–Trinajstić information content (AvgIpc) is 2.38. The molecule has 6 nitrogen and oxygen atoms in total. The quantitative estimate of drug-likeness (QED) is 0.678. The maximum absolute atomic E-state index is 11.1. The number of anilines is 2. The topological polar surface area (TPSA) is 67.6 Å². The van der Waals surface area contributed by atoms with Gasteiger partial charge in [-0.2, -0.15) is 0 Å². The minimum Gasteiger partial charge on any atom is -0.385 e. The Labute approximate surface area is 118 Å². The third-order valence-corrected chi connectivity index (χ3v) is 3.45. The maximum Gasteiger partial charge on any atom is 0.273 e. The van der Waals surface area contributed by atoms with Gasteiger partial charge in [-0.3, -0.25) is 10.1 Å². The summed E-state index contributed by atoms with van der Waals surface area (Å²) in [7, 11) is 0. The Morgan fingerprint density at radius 2 is 2.20 bits per heavy atom. The zero-order valence-corrected chi connectivity index (χ0v) is 12.2. The lowest BCUT2D eigenvalue weighted by molar-refractivity contribution is -0.384. The van der Waals surface area contributed by atoms with Crippen LogP contribution >= 0.6 is 0 Å². The van der Waals surface area contributed by atoms with E-state index in [1.807, 2.05) is 13.0 Å². The van der Waals surface area contributed by atoms with Crippen LogP contribution < -0.4 is 10.2 Å². The number of nitrogens with one attached hydrogen (secondary N) is 1. The van der Waals surface area contributed by atoms with Crippen LogP contribution in [0.4, 0.5) is 17.1 Å². The summed E-state index contributed by atoms with van der Waals surface area (Å²) in [6.07, 6.45) is 0. The van der Waals surface area contributed by atoms with Crippen LogP contribution in [0.15, 0.2) is 18.2 Å². The Morgan fingerprint density at radius 1 is 1.45 bits per heavy atom. The second-order valence-electron chi connectivity index (χ2n) is 5.54. The van der Waals surface area contributed by atoms with Crippen LogP contribution in [0.3, 0.4) is 0 Å². The zero-order valence-electron chi connectivity index (χ0n) is 12.2. The minimum atomic E-state index is -0.349. The van der Waals surface area contributed by atoms with Crippen molar-refractivity contribution >= 4 is 17.1 Å². The van der Waals surface area contributed by atoms with Gasteiger partial charge in [-0.25, -0.2) is 0 Å². The van der Waals surface area contributed by atoms with Crippen LogP contribution in [0.5, 0.6) is 0 Å². The van der Waals surface area contributed by atoms with Gasteiger partial charge in [-0.05, 0) is 26.8 Å². The highest BCUT2D eigenvalue weighted by Gasteiger charge is 2.31. The first-order valence-electron chi connectivity index (χ1n) is 6.83. The van der Waals surface area contributed by atoms with E-state index in [1.165, 1.54) is 0 Å². The largest absolute Gasteiger partial charge is 0.385 e. The predicted octanol–water partition coefficient (Wildman–Crippen LogP) is 2.64. The van der Waals surface area contributed by atoms with Crippen LogP contribution in [0, 0.1) is 10.1 Å². The van der Waals surface area contributed by atoms with Crippen LogP contribution in [0.25, 0.3) is 0 Å². The van der Waals surface area contributed by atoms with E-state index in [9.17, 15) is 10.1 Å². The molecule has 1 N–H and O–H groups in total. The van der Waals surface area contributed by atoms with E-state index in [0.29, 0.717) is 13.2 Å². The average molecular weight is 279 g/mol. The first-order chi connectivity index (χ1) is 9.44. The number of hydrogen-bond acceptors (Lipinski definition) is 5. The highest BCUT2D eigenvalue weighted by atomic mass is 16.6. The van der Waals surface area contributed by atoms with Gasteiger partial charge in [0.25, 0.3) is 5.69 Å². The summed E-state index contributed by atoms with van der Waals surface area (Å²) in [5, 5.41) is 14.2. The van der Waals surface area contributed by atoms with Crippen LogP contribution in [-0.4, -0.2) is 36.8 Å². The Hall–Kier alpha value is -1.82. The van der Waals surface area contributed by atoms with E-state index < -0.39 is 0 Å². The van der Waals surface area contributed by atoms with Crippen molar-refractivity contribution in [2.75, 3.05) is 36.5 Å².